The van der Waals surface area contributed by atoms with Crippen LogP contribution in [0.1, 0.15) is 31.3 Å². The van der Waals surface area contributed by atoms with Gasteiger partial charge >= 0.3 is 0 Å². The van der Waals surface area contributed by atoms with E-state index in [4.69, 9.17) is 16.3 Å². The predicted octanol–water partition coefficient (Wildman–Crippen LogP) is 6.34. The van der Waals surface area contributed by atoms with Gasteiger partial charge in [-0.3, -0.25) is 8.87 Å². The second-order valence-electron chi connectivity index (χ2n) is 8.56. The second kappa shape index (κ2) is 11.5. The lowest BCUT2D eigenvalue weighted by atomic mass is 9.91. The summed E-state index contributed by atoms with van der Waals surface area (Å²) >= 11 is 10.8. The zero-order valence-electron chi connectivity index (χ0n) is 19.7. The Bertz CT molecular complexity index is 1190. The van der Waals surface area contributed by atoms with E-state index in [9.17, 15) is 13.0 Å². The molecule has 1 aromatic heterocycles. The molecule has 1 atom stereocenters. The van der Waals surface area contributed by atoms with Crippen LogP contribution in [0.25, 0.3) is 10.9 Å². The Morgan fingerprint density at radius 2 is 1.77 bits per heavy atom. The number of fused-ring (bicyclic) bond motifs is 1. The molecule has 5 rings (SSSR count). The Labute approximate surface area is 217 Å². The van der Waals surface area contributed by atoms with Crippen molar-refractivity contribution in [1.82, 2.24) is 8.87 Å². The van der Waals surface area contributed by atoms with Crippen molar-refractivity contribution in [2.45, 2.75) is 36.6 Å². The molecule has 1 aliphatic heterocycles. The highest BCUT2D eigenvalue weighted by atomic mass is 35.5. The van der Waals surface area contributed by atoms with Crippen LogP contribution in [0.2, 0.25) is 5.02 Å². The number of halogens is 4. The number of anilines is 1. The zero-order chi connectivity index (χ0) is 25.1. The number of rotatable bonds is 6. The van der Waals surface area contributed by atoms with Gasteiger partial charge in [-0.1, -0.05) is 24.1 Å². The molecule has 2 aliphatic rings. The standard InChI is InChI=1S/C24H26ClF2N3O2S.CH3Cl/c1-32-23-8-6-18(14-22(23)29-11-9-28(10-12-29)17-3-2-4-17)33(31)30-15-20(24(26)27)19-7-5-16(25)13-21(19)30;1-2/h5-8,13-15,17,24H,2-4,9-12H2,1H3;1H3. The maximum Gasteiger partial charge on any atom is 0.265 e. The molecular weight excluding hydrogens is 515 g/mol. The maximum atomic E-state index is 13.6. The first-order chi connectivity index (χ1) is 17.0. The van der Waals surface area contributed by atoms with Crippen molar-refractivity contribution < 1.29 is 17.7 Å². The molecule has 1 saturated heterocycles. The SMILES string of the molecule is CCl.COc1ccc(S(=O)n2cc(C(F)F)c3ccc(Cl)cc32)cc1N1CCN(C2CCC2)CC1. The number of hydrogen-bond donors (Lipinski definition) is 0. The quantitative estimate of drug-likeness (QED) is 0.340. The molecule has 5 nitrogen and oxygen atoms in total. The molecule has 2 heterocycles. The normalized spacial score (nSPS) is 17.7. The number of alkyl halides is 3. The van der Waals surface area contributed by atoms with Crippen molar-refractivity contribution in [1.29, 1.82) is 0 Å². The van der Waals surface area contributed by atoms with E-state index in [2.05, 4.69) is 21.4 Å². The number of piperazine rings is 1. The number of hydrogen-bond acceptors (Lipinski definition) is 4. The molecule has 1 aliphatic carbocycles. The van der Waals surface area contributed by atoms with Gasteiger partial charge in [0.1, 0.15) is 5.75 Å². The molecule has 0 spiro atoms. The maximum absolute atomic E-state index is 13.6. The molecule has 1 unspecified atom stereocenters. The highest BCUT2D eigenvalue weighted by Crippen LogP contribution is 2.36. The van der Waals surface area contributed by atoms with Crippen LogP contribution in [0.15, 0.2) is 47.5 Å². The Morgan fingerprint density at radius 3 is 2.37 bits per heavy atom. The Hall–Kier alpha value is -1.87. The Kier molecular flexibility index (Phi) is 8.58. The third-order valence-corrected chi connectivity index (χ3v) is 8.33. The molecule has 0 N–H and O–H groups in total. The van der Waals surface area contributed by atoms with E-state index in [1.807, 2.05) is 6.07 Å². The van der Waals surface area contributed by atoms with Crippen molar-refractivity contribution in [3.8, 4) is 5.75 Å². The minimum absolute atomic E-state index is 0.157. The van der Waals surface area contributed by atoms with Crippen LogP contribution in [0.3, 0.4) is 0 Å². The number of nitrogens with zero attached hydrogens (tertiary/aromatic N) is 3. The van der Waals surface area contributed by atoms with Gasteiger partial charge in [0.15, 0.2) is 11.0 Å². The molecule has 0 radical (unpaired) electrons. The van der Waals surface area contributed by atoms with E-state index in [0.717, 1.165) is 31.9 Å². The molecule has 2 aromatic carbocycles. The summed E-state index contributed by atoms with van der Waals surface area (Å²) in [4.78, 5) is 5.32. The van der Waals surface area contributed by atoms with E-state index in [-0.39, 0.29) is 5.56 Å². The largest absolute Gasteiger partial charge is 0.495 e. The third kappa shape index (κ3) is 5.31. The summed E-state index contributed by atoms with van der Waals surface area (Å²) in [5, 5.41) is 0.753. The van der Waals surface area contributed by atoms with E-state index in [1.54, 1.807) is 37.4 Å². The van der Waals surface area contributed by atoms with Crippen LogP contribution in [0.4, 0.5) is 14.5 Å². The lowest BCUT2D eigenvalue weighted by Gasteiger charge is -2.43. The summed E-state index contributed by atoms with van der Waals surface area (Å²) in [7, 11) is -0.103. The van der Waals surface area contributed by atoms with E-state index in [0.29, 0.717) is 32.6 Å². The minimum Gasteiger partial charge on any atom is -0.495 e. The van der Waals surface area contributed by atoms with E-state index >= 15 is 0 Å². The fraction of sp³-hybridized carbons (Fsp3) is 0.440. The average molecular weight is 544 g/mol. The van der Waals surface area contributed by atoms with E-state index in [1.165, 1.54) is 35.8 Å². The molecule has 2 fully saturated rings. The highest BCUT2D eigenvalue weighted by Gasteiger charge is 2.29. The average Bonchev–Trinajstić information content (AvgIpc) is 3.23. The first-order valence-corrected chi connectivity index (χ1v) is 13.8. The Morgan fingerprint density at radius 1 is 1.06 bits per heavy atom. The topological polar surface area (TPSA) is 37.7 Å². The van der Waals surface area contributed by atoms with Crippen molar-refractivity contribution in [2.75, 3.05) is 44.6 Å². The zero-order valence-corrected chi connectivity index (χ0v) is 22.1. The molecule has 0 amide bonds. The summed E-state index contributed by atoms with van der Waals surface area (Å²) in [6.07, 6.45) is 3.95. The van der Waals surface area contributed by atoms with Crippen molar-refractivity contribution in [2.24, 2.45) is 0 Å². The van der Waals surface area contributed by atoms with Crippen molar-refractivity contribution in [3.05, 3.63) is 53.2 Å². The van der Waals surface area contributed by atoms with Crippen LogP contribution in [-0.4, -0.2) is 58.8 Å². The monoisotopic (exact) mass is 543 g/mol. The fourth-order valence-corrected chi connectivity index (χ4v) is 6.06. The van der Waals surface area contributed by atoms with Gasteiger partial charge in [-0.2, -0.15) is 0 Å². The van der Waals surface area contributed by atoms with Crippen LogP contribution in [-0.2, 0) is 11.0 Å². The van der Waals surface area contributed by atoms with Crippen LogP contribution in [0, 0.1) is 0 Å². The first kappa shape index (κ1) is 26.2. The van der Waals surface area contributed by atoms with Crippen LogP contribution in [0.5, 0.6) is 5.75 Å². The van der Waals surface area contributed by atoms with Crippen LogP contribution >= 0.6 is 23.2 Å². The van der Waals surface area contributed by atoms with Gasteiger partial charge in [0.05, 0.1) is 23.2 Å². The molecular formula is C25H29Cl2F2N3O2S. The number of ether oxygens (including phenoxy) is 1. The first-order valence-electron chi connectivity index (χ1n) is 11.5. The van der Waals surface area contributed by atoms with Crippen LogP contribution < -0.4 is 9.64 Å². The minimum atomic E-state index is -2.68. The van der Waals surface area contributed by atoms with Gasteiger partial charge in [-0.15, -0.1) is 11.6 Å². The molecule has 1 saturated carbocycles. The van der Waals surface area contributed by atoms with Gasteiger partial charge < -0.3 is 9.64 Å². The van der Waals surface area contributed by atoms with Crippen molar-refractivity contribution >= 4 is 50.8 Å². The smallest absolute Gasteiger partial charge is 0.265 e. The highest BCUT2D eigenvalue weighted by molar-refractivity contribution is 7.83. The lowest BCUT2D eigenvalue weighted by molar-refractivity contribution is 0.120. The number of aromatic nitrogens is 1. The lowest BCUT2D eigenvalue weighted by Crippen LogP contribution is -2.52. The Balaban J connectivity index is 0.00000141. The number of methoxy groups -OCH3 is 1. The summed E-state index contributed by atoms with van der Waals surface area (Å²) in [6, 6.07) is 10.8. The van der Waals surface area contributed by atoms with Gasteiger partial charge in [0, 0.05) is 60.8 Å². The molecule has 190 valence electrons. The molecule has 0 bridgehead atoms. The number of benzene rings is 2. The molecule has 35 heavy (non-hydrogen) atoms. The predicted molar refractivity (Wildman–Crippen MR) is 140 cm³/mol. The summed E-state index contributed by atoms with van der Waals surface area (Å²) < 4.78 is 47.8. The van der Waals surface area contributed by atoms with Gasteiger partial charge in [-0.25, -0.2) is 13.0 Å². The van der Waals surface area contributed by atoms with E-state index < -0.39 is 17.4 Å². The summed E-state index contributed by atoms with van der Waals surface area (Å²) in [6.45, 7) is 3.69. The fourth-order valence-electron chi connectivity index (χ4n) is 4.73. The summed E-state index contributed by atoms with van der Waals surface area (Å²) in [5.74, 6) is 0.710. The van der Waals surface area contributed by atoms with Crippen molar-refractivity contribution in [3.63, 3.8) is 0 Å². The van der Waals surface area contributed by atoms with Gasteiger partial charge in [0.25, 0.3) is 6.43 Å². The van der Waals surface area contributed by atoms with Gasteiger partial charge in [0.2, 0.25) is 0 Å². The second-order valence-corrected chi connectivity index (χ2v) is 10.4. The summed E-state index contributed by atoms with van der Waals surface area (Å²) in [5.41, 5.74) is 1.14. The van der Waals surface area contributed by atoms with Gasteiger partial charge in [-0.05, 0) is 43.2 Å². The molecule has 10 heteroatoms. The molecule has 3 aromatic rings. The third-order valence-electron chi connectivity index (χ3n) is 6.78.